The topological polar surface area (TPSA) is 12.0 Å². The second-order valence-electron chi connectivity index (χ2n) is 5.61. The van der Waals surface area contributed by atoms with Gasteiger partial charge in [-0.25, -0.2) is 0 Å². The van der Waals surface area contributed by atoms with Crippen molar-refractivity contribution < 1.29 is 0 Å². The lowest BCUT2D eigenvalue weighted by Crippen LogP contribution is -2.33. The van der Waals surface area contributed by atoms with Crippen LogP contribution in [-0.4, -0.2) is 12.6 Å². The van der Waals surface area contributed by atoms with Gasteiger partial charge in [0.05, 0.1) is 0 Å². The maximum absolute atomic E-state index is 3.76. The molecule has 3 unspecified atom stereocenters. The predicted octanol–water partition coefficient (Wildman–Crippen LogP) is 2.81. The van der Waals surface area contributed by atoms with Crippen molar-refractivity contribution in [3.8, 4) is 0 Å². The molecular weight excluding hydrogens is 170 g/mol. The Balaban J connectivity index is 1.62. The zero-order chi connectivity index (χ0) is 9.54. The van der Waals surface area contributed by atoms with Crippen LogP contribution in [-0.2, 0) is 0 Å². The summed E-state index contributed by atoms with van der Waals surface area (Å²) < 4.78 is 0. The summed E-state index contributed by atoms with van der Waals surface area (Å²) in [6, 6.07) is 0.910. The molecule has 3 atom stereocenters. The van der Waals surface area contributed by atoms with Gasteiger partial charge in [0.1, 0.15) is 0 Å². The molecule has 14 heavy (non-hydrogen) atoms. The first kappa shape index (κ1) is 9.21. The van der Waals surface area contributed by atoms with Crippen LogP contribution in [0.3, 0.4) is 0 Å². The first-order valence-electron chi connectivity index (χ1n) is 6.65. The van der Waals surface area contributed by atoms with Crippen molar-refractivity contribution in [3.63, 3.8) is 0 Å². The molecule has 3 rings (SSSR count). The Bertz CT molecular complexity index is 197. The third-order valence-corrected chi connectivity index (χ3v) is 4.71. The molecule has 3 fully saturated rings. The standard InChI is InChI=1S/C13H23N/c1-2-14-13(9-7-8-9)12-10-5-3-4-6-11(10)12/h9-14H,2-8H2,1H3. The van der Waals surface area contributed by atoms with E-state index in [9.17, 15) is 0 Å². The Morgan fingerprint density at radius 1 is 1.07 bits per heavy atom. The molecule has 0 amide bonds. The van der Waals surface area contributed by atoms with Gasteiger partial charge in [-0.1, -0.05) is 19.8 Å². The Morgan fingerprint density at radius 2 is 1.71 bits per heavy atom. The summed E-state index contributed by atoms with van der Waals surface area (Å²) in [4.78, 5) is 0. The van der Waals surface area contributed by atoms with Gasteiger partial charge < -0.3 is 5.32 Å². The molecule has 0 aliphatic heterocycles. The average Bonchev–Trinajstić information content (AvgIpc) is 3.10. The largest absolute Gasteiger partial charge is 0.314 e. The minimum atomic E-state index is 0.910. The third kappa shape index (κ3) is 1.50. The molecule has 1 N–H and O–H groups in total. The minimum Gasteiger partial charge on any atom is -0.314 e. The van der Waals surface area contributed by atoms with Gasteiger partial charge in [-0.15, -0.1) is 0 Å². The van der Waals surface area contributed by atoms with Gasteiger partial charge >= 0.3 is 0 Å². The molecular formula is C13H23N. The molecule has 80 valence electrons. The summed E-state index contributed by atoms with van der Waals surface area (Å²) in [5, 5.41) is 3.76. The molecule has 0 aromatic heterocycles. The third-order valence-electron chi connectivity index (χ3n) is 4.71. The maximum Gasteiger partial charge on any atom is 0.0129 e. The Labute approximate surface area is 87.7 Å². The van der Waals surface area contributed by atoms with E-state index in [1.165, 1.54) is 32.2 Å². The lowest BCUT2D eigenvalue weighted by Gasteiger charge is -2.17. The molecule has 1 nitrogen and oxygen atoms in total. The lowest BCUT2D eigenvalue weighted by atomic mass is 10.0. The Morgan fingerprint density at radius 3 is 2.21 bits per heavy atom. The summed E-state index contributed by atoms with van der Waals surface area (Å²) in [7, 11) is 0. The fourth-order valence-electron chi connectivity index (χ4n) is 3.89. The van der Waals surface area contributed by atoms with Crippen LogP contribution in [0.1, 0.15) is 45.4 Å². The first-order chi connectivity index (χ1) is 6.92. The van der Waals surface area contributed by atoms with Gasteiger partial charge in [0.25, 0.3) is 0 Å². The van der Waals surface area contributed by atoms with Gasteiger partial charge in [0.2, 0.25) is 0 Å². The van der Waals surface area contributed by atoms with Crippen molar-refractivity contribution in [2.24, 2.45) is 23.7 Å². The van der Waals surface area contributed by atoms with E-state index in [1.54, 1.807) is 12.8 Å². The van der Waals surface area contributed by atoms with E-state index in [0.717, 1.165) is 29.7 Å². The number of rotatable bonds is 4. The van der Waals surface area contributed by atoms with E-state index in [-0.39, 0.29) is 0 Å². The fourth-order valence-corrected chi connectivity index (χ4v) is 3.89. The highest BCUT2D eigenvalue weighted by atomic mass is 15.0. The van der Waals surface area contributed by atoms with Crippen LogP contribution in [0.5, 0.6) is 0 Å². The van der Waals surface area contributed by atoms with Crippen molar-refractivity contribution in [1.29, 1.82) is 0 Å². The minimum absolute atomic E-state index is 0.910. The number of fused-ring (bicyclic) bond motifs is 1. The predicted molar refractivity (Wildman–Crippen MR) is 59.1 cm³/mol. The molecule has 0 aromatic rings. The van der Waals surface area contributed by atoms with Gasteiger partial charge in [-0.05, 0) is 55.9 Å². The van der Waals surface area contributed by atoms with Crippen molar-refractivity contribution in [1.82, 2.24) is 5.32 Å². The van der Waals surface area contributed by atoms with Crippen molar-refractivity contribution in [2.45, 2.75) is 51.5 Å². The number of hydrogen-bond acceptors (Lipinski definition) is 1. The Kier molecular flexibility index (Phi) is 2.31. The van der Waals surface area contributed by atoms with Crippen LogP contribution in [0, 0.1) is 23.7 Å². The normalized spacial score (nSPS) is 43.1. The smallest absolute Gasteiger partial charge is 0.0129 e. The molecule has 3 aliphatic rings. The molecule has 3 aliphatic carbocycles. The molecule has 0 heterocycles. The maximum atomic E-state index is 3.76. The number of hydrogen-bond donors (Lipinski definition) is 1. The van der Waals surface area contributed by atoms with Crippen molar-refractivity contribution in [2.75, 3.05) is 6.54 Å². The fraction of sp³-hybridized carbons (Fsp3) is 1.00. The van der Waals surface area contributed by atoms with E-state index in [1.807, 2.05) is 0 Å². The second-order valence-corrected chi connectivity index (χ2v) is 5.61. The summed E-state index contributed by atoms with van der Waals surface area (Å²) in [5.41, 5.74) is 0. The summed E-state index contributed by atoms with van der Waals surface area (Å²) in [5.74, 6) is 4.41. The van der Waals surface area contributed by atoms with Crippen LogP contribution >= 0.6 is 0 Å². The number of nitrogens with one attached hydrogen (secondary N) is 1. The molecule has 0 spiro atoms. The lowest BCUT2D eigenvalue weighted by molar-refractivity contribution is 0.397. The molecule has 3 saturated carbocycles. The SMILES string of the molecule is CCNC(C1CC1)C1C2CCCCC21. The van der Waals surface area contributed by atoms with E-state index < -0.39 is 0 Å². The van der Waals surface area contributed by atoms with Gasteiger partial charge in [0.15, 0.2) is 0 Å². The van der Waals surface area contributed by atoms with Crippen LogP contribution < -0.4 is 5.32 Å². The van der Waals surface area contributed by atoms with Crippen molar-refractivity contribution in [3.05, 3.63) is 0 Å². The summed E-state index contributed by atoms with van der Waals surface area (Å²) in [6.07, 6.45) is 9.14. The van der Waals surface area contributed by atoms with E-state index in [0.29, 0.717) is 0 Å². The van der Waals surface area contributed by atoms with Crippen LogP contribution in [0.4, 0.5) is 0 Å². The van der Waals surface area contributed by atoms with Gasteiger partial charge in [-0.2, -0.15) is 0 Å². The summed E-state index contributed by atoms with van der Waals surface area (Å²) in [6.45, 7) is 3.44. The Hall–Kier alpha value is -0.0400. The average molecular weight is 193 g/mol. The highest BCUT2D eigenvalue weighted by Crippen LogP contribution is 2.59. The molecule has 0 radical (unpaired) electrons. The zero-order valence-electron chi connectivity index (χ0n) is 9.34. The molecule has 1 heteroatoms. The van der Waals surface area contributed by atoms with Crippen LogP contribution in [0.25, 0.3) is 0 Å². The monoisotopic (exact) mass is 193 g/mol. The molecule has 0 bridgehead atoms. The highest BCUT2D eigenvalue weighted by Gasteiger charge is 2.56. The van der Waals surface area contributed by atoms with E-state index in [4.69, 9.17) is 0 Å². The van der Waals surface area contributed by atoms with E-state index >= 15 is 0 Å². The summed E-state index contributed by atoms with van der Waals surface area (Å²) >= 11 is 0. The second kappa shape index (κ2) is 3.52. The van der Waals surface area contributed by atoms with Crippen LogP contribution in [0.15, 0.2) is 0 Å². The van der Waals surface area contributed by atoms with Crippen LogP contribution in [0.2, 0.25) is 0 Å². The highest BCUT2D eigenvalue weighted by molar-refractivity contribution is 5.08. The first-order valence-corrected chi connectivity index (χ1v) is 6.65. The quantitative estimate of drug-likeness (QED) is 0.724. The zero-order valence-corrected chi connectivity index (χ0v) is 9.34. The molecule has 0 saturated heterocycles. The van der Waals surface area contributed by atoms with Gasteiger partial charge in [-0.3, -0.25) is 0 Å². The molecule has 0 aromatic carbocycles. The van der Waals surface area contributed by atoms with E-state index in [2.05, 4.69) is 12.2 Å². The van der Waals surface area contributed by atoms with Gasteiger partial charge in [0, 0.05) is 6.04 Å². The van der Waals surface area contributed by atoms with Crippen molar-refractivity contribution >= 4 is 0 Å².